The van der Waals surface area contributed by atoms with Crippen molar-refractivity contribution in [1.82, 2.24) is 20.0 Å². The summed E-state index contributed by atoms with van der Waals surface area (Å²) in [5.74, 6) is 1.53. The lowest BCUT2D eigenvalue weighted by Gasteiger charge is -2.28. The lowest BCUT2D eigenvalue weighted by atomic mass is 10.1. The standard InChI is InChI=1S/C25H33N7O/c1-5-29-24(31-13-7-6-8-14-31)15-25(27-4)33-20(3)23(10-9-19(2)16-26)32-18-21-17-28-12-11-22(21)30-32/h9-10,15,18,28H,3-8,11-14,17H2,1-2H3/b19-9+,23-10+,25-15+,29-24?. The monoisotopic (exact) mass is 447 g/mol. The summed E-state index contributed by atoms with van der Waals surface area (Å²) >= 11 is 0. The molecule has 8 nitrogen and oxygen atoms in total. The van der Waals surface area contributed by atoms with Gasteiger partial charge in [-0.3, -0.25) is 4.99 Å². The van der Waals surface area contributed by atoms with E-state index < -0.39 is 0 Å². The number of hydrogen-bond acceptors (Lipinski definition) is 6. The molecule has 0 unspecified atom stereocenters. The number of rotatable bonds is 8. The third-order valence-electron chi connectivity index (χ3n) is 5.57. The largest absolute Gasteiger partial charge is 0.437 e. The molecule has 3 heterocycles. The average Bonchev–Trinajstić information content (AvgIpc) is 3.27. The van der Waals surface area contributed by atoms with Gasteiger partial charge in [0.25, 0.3) is 0 Å². The molecule has 1 aromatic rings. The number of nitrogens with one attached hydrogen (secondary N) is 1. The van der Waals surface area contributed by atoms with Gasteiger partial charge in [0, 0.05) is 62.6 Å². The molecule has 174 valence electrons. The molecule has 1 saturated heterocycles. The van der Waals surface area contributed by atoms with Crippen LogP contribution in [-0.4, -0.2) is 53.4 Å². The van der Waals surface area contributed by atoms with Gasteiger partial charge in [0.15, 0.2) is 0 Å². The molecular weight excluding hydrogens is 414 g/mol. The van der Waals surface area contributed by atoms with Gasteiger partial charge in [-0.2, -0.15) is 10.4 Å². The van der Waals surface area contributed by atoms with Crippen molar-refractivity contribution in [3.63, 3.8) is 0 Å². The summed E-state index contributed by atoms with van der Waals surface area (Å²) < 4.78 is 7.81. The summed E-state index contributed by atoms with van der Waals surface area (Å²) in [4.78, 5) is 11.0. The Kier molecular flexibility index (Phi) is 8.79. The van der Waals surface area contributed by atoms with E-state index in [4.69, 9.17) is 15.1 Å². The number of likely N-dealkylation sites (tertiary alicyclic amines) is 1. The predicted molar refractivity (Wildman–Crippen MR) is 133 cm³/mol. The zero-order valence-electron chi connectivity index (χ0n) is 19.7. The van der Waals surface area contributed by atoms with Gasteiger partial charge in [-0.1, -0.05) is 6.58 Å². The maximum atomic E-state index is 9.16. The van der Waals surface area contributed by atoms with Crippen LogP contribution in [0.25, 0.3) is 5.70 Å². The van der Waals surface area contributed by atoms with E-state index in [9.17, 15) is 0 Å². The summed E-state index contributed by atoms with van der Waals surface area (Å²) in [6, 6.07) is 2.13. The first-order valence-corrected chi connectivity index (χ1v) is 11.5. The van der Waals surface area contributed by atoms with Gasteiger partial charge in [0.2, 0.25) is 5.88 Å². The Balaban J connectivity index is 1.89. The van der Waals surface area contributed by atoms with E-state index in [0.29, 0.717) is 29.5 Å². The summed E-state index contributed by atoms with van der Waals surface area (Å²) in [6.07, 6.45) is 11.7. The van der Waals surface area contributed by atoms with E-state index in [2.05, 4.69) is 39.6 Å². The first kappa shape index (κ1) is 24.2. The fourth-order valence-electron chi connectivity index (χ4n) is 3.81. The predicted octanol–water partition coefficient (Wildman–Crippen LogP) is 3.82. The molecule has 0 radical (unpaired) electrons. The Morgan fingerprint density at radius 3 is 2.79 bits per heavy atom. The van der Waals surface area contributed by atoms with Crippen molar-refractivity contribution in [3.05, 3.63) is 59.5 Å². The zero-order valence-corrected chi connectivity index (χ0v) is 19.7. The van der Waals surface area contributed by atoms with Crippen LogP contribution in [0.4, 0.5) is 0 Å². The highest BCUT2D eigenvalue weighted by molar-refractivity contribution is 5.93. The van der Waals surface area contributed by atoms with Crippen LogP contribution >= 0.6 is 0 Å². The number of aromatic nitrogens is 2. The van der Waals surface area contributed by atoms with Crippen molar-refractivity contribution in [2.75, 3.05) is 26.2 Å². The molecule has 1 N–H and O–H groups in total. The number of nitrogens with zero attached hydrogens (tertiary/aromatic N) is 6. The summed E-state index contributed by atoms with van der Waals surface area (Å²) in [7, 11) is 0. The van der Waals surface area contributed by atoms with E-state index >= 15 is 0 Å². The summed E-state index contributed by atoms with van der Waals surface area (Å²) in [5.41, 5.74) is 3.38. The fourth-order valence-corrected chi connectivity index (χ4v) is 3.81. The number of fused-ring (bicyclic) bond motifs is 1. The molecule has 3 rings (SSSR count). The molecule has 0 saturated carbocycles. The topological polar surface area (TPSA) is 90.8 Å². The van der Waals surface area contributed by atoms with Crippen LogP contribution in [0, 0.1) is 11.3 Å². The molecule has 0 aliphatic carbocycles. The van der Waals surface area contributed by atoms with Crippen LogP contribution in [0.2, 0.25) is 0 Å². The molecule has 0 amide bonds. The van der Waals surface area contributed by atoms with Gasteiger partial charge >= 0.3 is 0 Å². The minimum absolute atomic E-state index is 0.322. The second-order valence-corrected chi connectivity index (χ2v) is 8.03. The van der Waals surface area contributed by atoms with Gasteiger partial charge in [-0.25, -0.2) is 9.67 Å². The third-order valence-corrected chi connectivity index (χ3v) is 5.57. The fraction of sp³-hybridized carbons (Fsp3) is 0.440. The van der Waals surface area contributed by atoms with Crippen molar-refractivity contribution < 1.29 is 4.74 Å². The van der Waals surface area contributed by atoms with E-state index in [1.54, 1.807) is 23.8 Å². The minimum Gasteiger partial charge on any atom is -0.437 e. The van der Waals surface area contributed by atoms with E-state index in [-0.39, 0.29) is 0 Å². The highest BCUT2D eigenvalue weighted by Gasteiger charge is 2.18. The van der Waals surface area contributed by atoms with Crippen LogP contribution in [0.1, 0.15) is 44.4 Å². The molecule has 0 bridgehead atoms. The van der Waals surface area contributed by atoms with Gasteiger partial charge in [-0.15, -0.1) is 0 Å². The Morgan fingerprint density at radius 2 is 2.12 bits per heavy atom. The summed E-state index contributed by atoms with van der Waals surface area (Å²) in [6.45, 7) is 15.9. The molecule has 0 spiro atoms. The Bertz CT molecular complexity index is 1010. The lowest BCUT2D eigenvalue weighted by molar-refractivity contribution is 0.315. The number of piperidine rings is 1. The molecule has 2 aliphatic heterocycles. The molecule has 0 atom stereocenters. The van der Waals surface area contributed by atoms with Crippen molar-refractivity contribution in [1.29, 1.82) is 5.26 Å². The van der Waals surface area contributed by atoms with Crippen LogP contribution < -0.4 is 5.32 Å². The first-order valence-electron chi connectivity index (χ1n) is 11.5. The molecule has 0 aromatic carbocycles. The smallest absolute Gasteiger partial charge is 0.222 e. The highest BCUT2D eigenvalue weighted by Crippen LogP contribution is 2.23. The maximum Gasteiger partial charge on any atom is 0.222 e. The second kappa shape index (κ2) is 12.0. The number of nitriles is 1. The van der Waals surface area contributed by atoms with Crippen molar-refractivity contribution in [3.8, 4) is 6.07 Å². The Hall–Kier alpha value is -3.44. The maximum absolute atomic E-state index is 9.16. The molecule has 1 fully saturated rings. The van der Waals surface area contributed by atoms with Gasteiger partial charge in [0.1, 0.15) is 17.3 Å². The van der Waals surface area contributed by atoms with E-state index in [0.717, 1.165) is 62.5 Å². The number of allylic oxidation sites excluding steroid dienone is 4. The molecule has 2 aliphatic rings. The molecule has 1 aromatic heterocycles. The van der Waals surface area contributed by atoms with Crippen LogP contribution in [0.5, 0.6) is 0 Å². The quantitative estimate of drug-likeness (QED) is 0.215. The number of hydrogen-bond donors (Lipinski definition) is 1. The number of aliphatic imine (C=N–C) groups is 2. The van der Waals surface area contributed by atoms with Crippen LogP contribution in [0.15, 0.2) is 58.2 Å². The minimum atomic E-state index is 0.322. The molecule has 8 heteroatoms. The number of amidine groups is 1. The van der Waals surface area contributed by atoms with Crippen LogP contribution in [-0.2, 0) is 17.7 Å². The van der Waals surface area contributed by atoms with E-state index in [1.807, 2.05) is 19.2 Å². The normalized spacial score (nSPS) is 17.9. The van der Waals surface area contributed by atoms with Crippen molar-refractivity contribution >= 4 is 18.3 Å². The first-order chi connectivity index (χ1) is 16.0. The zero-order chi connectivity index (χ0) is 23.6. The van der Waals surface area contributed by atoms with Gasteiger partial charge in [-0.05, 0) is 52.0 Å². The van der Waals surface area contributed by atoms with Crippen molar-refractivity contribution in [2.24, 2.45) is 9.98 Å². The van der Waals surface area contributed by atoms with Crippen LogP contribution in [0.3, 0.4) is 0 Å². The van der Waals surface area contributed by atoms with Gasteiger partial charge < -0.3 is 15.0 Å². The van der Waals surface area contributed by atoms with E-state index in [1.165, 1.54) is 6.42 Å². The second-order valence-electron chi connectivity index (χ2n) is 8.03. The Labute approximate surface area is 196 Å². The molecular formula is C25H33N7O. The van der Waals surface area contributed by atoms with Crippen molar-refractivity contribution in [2.45, 2.75) is 46.1 Å². The third kappa shape index (κ3) is 6.53. The highest BCUT2D eigenvalue weighted by atomic mass is 16.5. The lowest BCUT2D eigenvalue weighted by Crippen LogP contribution is -2.35. The number of ether oxygens (including phenoxy) is 1. The molecule has 33 heavy (non-hydrogen) atoms. The van der Waals surface area contributed by atoms with Gasteiger partial charge in [0.05, 0.1) is 11.8 Å². The summed E-state index contributed by atoms with van der Waals surface area (Å²) in [5, 5.41) is 17.3. The average molecular weight is 448 g/mol. The Morgan fingerprint density at radius 1 is 1.33 bits per heavy atom. The SMILES string of the molecule is C=N/C(=C\C(=NCC)N1CCCCC1)OC(=C)/C(=C\C=C(/C)C#N)n1cc2c(n1)CCNC2.